The fourth-order valence-electron chi connectivity index (χ4n) is 2.47. The maximum absolute atomic E-state index is 12.4. The molecule has 0 saturated heterocycles. The number of aromatic nitrogens is 3. The van der Waals surface area contributed by atoms with E-state index in [1.165, 1.54) is 0 Å². The van der Waals surface area contributed by atoms with Gasteiger partial charge in [0.25, 0.3) is 5.91 Å². The molecule has 8 heteroatoms. The van der Waals surface area contributed by atoms with Crippen molar-refractivity contribution in [1.82, 2.24) is 20.1 Å². The summed E-state index contributed by atoms with van der Waals surface area (Å²) in [5.74, 6) is 0.417. The first-order valence-electron chi connectivity index (χ1n) is 9.13. The topological polar surface area (TPSA) is 98.1 Å². The third-order valence-electron chi connectivity index (χ3n) is 3.80. The van der Waals surface area contributed by atoms with Crippen molar-refractivity contribution in [2.75, 3.05) is 5.32 Å². The summed E-state index contributed by atoms with van der Waals surface area (Å²) in [4.78, 5) is 28.4. The van der Waals surface area contributed by atoms with Crippen molar-refractivity contribution in [3.8, 4) is 5.82 Å². The summed E-state index contributed by atoms with van der Waals surface area (Å²) in [6, 6.07) is 12.3. The van der Waals surface area contributed by atoms with Gasteiger partial charge in [0.1, 0.15) is 5.60 Å². The molecule has 150 valence electrons. The van der Waals surface area contributed by atoms with Crippen LogP contribution in [0.5, 0.6) is 0 Å². The summed E-state index contributed by atoms with van der Waals surface area (Å²) in [5, 5.41) is 9.60. The van der Waals surface area contributed by atoms with Crippen LogP contribution in [0.3, 0.4) is 0 Å². The van der Waals surface area contributed by atoms with Crippen LogP contribution < -0.4 is 10.6 Å². The fraction of sp³-hybridized carbons (Fsp3) is 0.238. The van der Waals surface area contributed by atoms with E-state index in [2.05, 4.69) is 20.7 Å². The van der Waals surface area contributed by atoms with Crippen LogP contribution >= 0.6 is 0 Å². The Morgan fingerprint density at radius 1 is 1.10 bits per heavy atom. The average Bonchev–Trinajstić information content (AvgIpc) is 3.21. The van der Waals surface area contributed by atoms with E-state index in [-0.39, 0.29) is 5.91 Å². The zero-order chi connectivity index (χ0) is 20.9. The second-order valence-electron chi connectivity index (χ2n) is 7.36. The van der Waals surface area contributed by atoms with Crippen molar-refractivity contribution in [3.63, 3.8) is 0 Å². The van der Waals surface area contributed by atoms with Crippen LogP contribution in [0.25, 0.3) is 5.82 Å². The molecule has 0 spiro atoms. The highest BCUT2D eigenvalue weighted by Gasteiger charge is 2.15. The Hall–Kier alpha value is -3.68. The number of nitrogens with one attached hydrogen (secondary N) is 2. The molecular formula is C21H23N5O3. The Labute approximate surface area is 168 Å². The molecule has 0 unspecified atom stereocenters. The first-order chi connectivity index (χ1) is 13.8. The predicted octanol–water partition coefficient (Wildman–Crippen LogP) is 3.54. The zero-order valence-electron chi connectivity index (χ0n) is 16.5. The molecule has 0 atom stereocenters. The standard InChI is InChI=1S/C21H23N5O3/c1-21(2,3)29-20(28)23-13-15-5-7-16(8-6-15)19(27)25-17-9-10-18(22-14-17)26-12-4-11-24-26/h4-12,14H,13H2,1-3H3,(H,23,28)(H,25,27). The third-order valence-corrected chi connectivity index (χ3v) is 3.80. The van der Waals surface area contributed by atoms with Gasteiger partial charge in [-0.15, -0.1) is 0 Å². The summed E-state index contributed by atoms with van der Waals surface area (Å²) in [5.41, 5.74) is 1.40. The Kier molecular flexibility index (Phi) is 5.92. The molecule has 0 aliphatic heterocycles. The SMILES string of the molecule is CC(C)(C)OC(=O)NCc1ccc(C(=O)Nc2ccc(-n3cccn3)nc2)cc1. The molecule has 0 aliphatic carbocycles. The largest absolute Gasteiger partial charge is 0.444 e. The Balaban J connectivity index is 1.54. The van der Waals surface area contributed by atoms with Gasteiger partial charge >= 0.3 is 6.09 Å². The van der Waals surface area contributed by atoms with Crippen molar-refractivity contribution < 1.29 is 14.3 Å². The first kappa shape index (κ1) is 20.1. The highest BCUT2D eigenvalue weighted by atomic mass is 16.6. The maximum atomic E-state index is 12.4. The molecule has 2 aromatic heterocycles. The summed E-state index contributed by atoms with van der Waals surface area (Å²) >= 11 is 0. The minimum absolute atomic E-state index is 0.245. The van der Waals surface area contributed by atoms with Crippen molar-refractivity contribution in [2.24, 2.45) is 0 Å². The van der Waals surface area contributed by atoms with Gasteiger partial charge in [-0.3, -0.25) is 4.79 Å². The number of ether oxygens (including phenoxy) is 1. The highest BCUT2D eigenvalue weighted by molar-refractivity contribution is 6.04. The third kappa shape index (κ3) is 5.90. The van der Waals surface area contributed by atoms with Gasteiger partial charge in [0.2, 0.25) is 0 Å². The summed E-state index contributed by atoms with van der Waals surface area (Å²) in [6.45, 7) is 5.73. The molecule has 2 heterocycles. The van der Waals surface area contributed by atoms with E-state index in [1.807, 2.05) is 6.07 Å². The van der Waals surface area contributed by atoms with Crippen LogP contribution in [-0.4, -0.2) is 32.4 Å². The number of carbonyl (C=O) groups is 2. The number of pyridine rings is 1. The van der Waals surface area contributed by atoms with Gasteiger partial charge in [-0.25, -0.2) is 14.5 Å². The smallest absolute Gasteiger partial charge is 0.407 e. The van der Waals surface area contributed by atoms with Gasteiger partial charge in [0, 0.05) is 24.5 Å². The number of hydrogen-bond donors (Lipinski definition) is 2. The van der Waals surface area contributed by atoms with Crippen molar-refractivity contribution in [1.29, 1.82) is 0 Å². The molecule has 29 heavy (non-hydrogen) atoms. The lowest BCUT2D eigenvalue weighted by Crippen LogP contribution is -2.32. The zero-order valence-corrected chi connectivity index (χ0v) is 16.5. The maximum Gasteiger partial charge on any atom is 0.407 e. The lowest BCUT2D eigenvalue weighted by atomic mass is 10.1. The normalized spacial score (nSPS) is 11.0. The monoisotopic (exact) mass is 393 g/mol. The minimum Gasteiger partial charge on any atom is -0.444 e. The summed E-state index contributed by atoms with van der Waals surface area (Å²) < 4.78 is 6.83. The number of amides is 2. The Morgan fingerprint density at radius 3 is 2.45 bits per heavy atom. The lowest BCUT2D eigenvalue weighted by Gasteiger charge is -2.19. The van der Waals surface area contributed by atoms with Gasteiger partial charge in [-0.05, 0) is 56.7 Å². The van der Waals surface area contributed by atoms with Crippen LogP contribution in [-0.2, 0) is 11.3 Å². The van der Waals surface area contributed by atoms with Crippen LogP contribution in [0, 0.1) is 0 Å². The summed E-state index contributed by atoms with van der Waals surface area (Å²) in [6.07, 6.45) is 4.56. The van der Waals surface area contributed by atoms with Gasteiger partial charge < -0.3 is 15.4 Å². The van der Waals surface area contributed by atoms with E-state index in [0.29, 0.717) is 23.6 Å². The molecule has 3 rings (SSSR count). The van der Waals surface area contributed by atoms with Crippen molar-refractivity contribution >= 4 is 17.7 Å². The molecular weight excluding hydrogens is 370 g/mol. The predicted molar refractivity (Wildman–Crippen MR) is 109 cm³/mol. The van der Waals surface area contributed by atoms with Crippen LogP contribution in [0.2, 0.25) is 0 Å². The van der Waals surface area contributed by atoms with Gasteiger partial charge in [0.15, 0.2) is 5.82 Å². The van der Waals surface area contributed by atoms with Crippen LogP contribution in [0.4, 0.5) is 10.5 Å². The van der Waals surface area contributed by atoms with Crippen LogP contribution in [0.15, 0.2) is 61.1 Å². The average molecular weight is 393 g/mol. The van der Waals surface area contributed by atoms with Crippen molar-refractivity contribution in [3.05, 3.63) is 72.2 Å². The number of anilines is 1. The van der Waals surface area contributed by atoms with E-state index < -0.39 is 11.7 Å². The molecule has 1 aromatic carbocycles. The molecule has 0 radical (unpaired) electrons. The number of alkyl carbamates (subject to hydrolysis) is 1. The number of rotatable bonds is 5. The molecule has 8 nitrogen and oxygen atoms in total. The van der Waals surface area contributed by atoms with Gasteiger partial charge in [0.05, 0.1) is 11.9 Å². The quantitative estimate of drug-likeness (QED) is 0.691. The molecule has 2 amide bonds. The van der Waals surface area contributed by atoms with E-state index in [0.717, 1.165) is 5.56 Å². The molecule has 3 aromatic rings. The second kappa shape index (κ2) is 8.55. The van der Waals surface area contributed by atoms with E-state index in [1.54, 1.807) is 80.4 Å². The Bertz CT molecular complexity index is 959. The molecule has 2 N–H and O–H groups in total. The molecule has 0 bridgehead atoms. The van der Waals surface area contributed by atoms with Gasteiger partial charge in [-0.1, -0.05) is 12.1 Å². The number of benzene rings is 1. The van der Waals surface area contributed by atoms with Crippen LogP contribution in [0.1, 0.15) is 36.7 Å². The highest BCUT2D eigenvalue weighted by Crippen LogP contribution is 2.12. The molecule has 0 fully saturated rings. The number of nitrogens with zero attached hydrogens (tertiary/aromatic N) is 3. The summed E-state index contributed by atoms with van der Waals surface area (Å²) in [7, 11) is 0. The minimum atomic E-state index is -0.544. The van der Waals surface area contributed by atoms with E-state index >= 15 is 0 Å². The molecule has 0 saturated carbocycles. The van der Waals surface area contributed by atoms with E-state index in [4.69, 9.17) is 4.74 Å². The molecule has 0 aliphatic rings. The number of hydrogen-bond acceptors (Lipinski definition) is 5. The lowest BCUT2D eigenvalue weighted by molar-refractivity contribution is 0.0523. The number of carbonyl (C=O) groups excluding carboxylic acids is 2. The second-order valence-corrected chi connectivity index (χ2v) is 7.36. The van der Waals surface area contributed by atoms with E-state index in [9.17, 15) is 9.59 Å². The first-order valence-corrected chi connectivity index (χ1v) is 9.13. The Morgan fingerprint density at radius 2 is 1.86 bits per heavy atom. The fourth-order valence-corrected chi connectivity index (χ4v) is 2.47. The van der Waals surface area contributed by atoms with Crippen molar-refractivity contribution in [2.45, 2.75) is 32.9 Å². The van der Waals surface area contributed by atoms with Gasteiger partial charge in [-0.2, -0.15) is 5.10 Å².